The number of halogens is 1. The molecule has 2 aromatic rings. The Hall–Kier alpha value is -2.28. The summed E-state index contributed by atoms with van der Waals surface area (Å²) in [6.45, 7) is 7.66. The molecule has 0 bridgehead atoms. The Labute approximate surface area is 153 Å². The van der Waals surface area contributed by atoms with Gasteiger partial charge < -0.3 is 9.42 Å². The van der Waals surface area contributed by atoms with Crippen LogP contribution in [0.2, 0.25) is 0 Å². The van der Waals surface area contributed by atoms with Crippen molar-refractivity contribution < 1.29 is 13.7 Å². The summed E-state index contributed by atoms with van der Waals surface area (Å²) in [5, 5.41) is 3.98. The maximum absolute atomic E-state index is 13.0. The predicted octanol–water partition coefficient (Wildman–Crippen LogP) is 2.96. The number of likely N-dealkylation sites (tertiary alicyclic amines) is 1. The Morgan fingerprint density at radius 3 is 2.73 bits per heavy atom. The molecule has 7 heteroatoms. The largest absolute Gasteiger partial charge is 0.343 e. The van der Waals surface area contributed by atoms with Gasteiger partial charge >= 0.3 is 0 Å². The number of carbonyl (C=O) groups is 1. The molecule has 0 N–H and O–H groups in total. The Bertz CT molecular complexity index is 727. The quantitative estimate of drug-likeness (QED) is 0.793. The molecule has 0 spiro atoms. The molecule has 1 aromatic heterocycles. The third-order valence-corrected chi connectivity index (χ3v) is 4.86. The van der Waals surface area contributed by atoms with Gasteiger partial charge in [0.1, 0.15) is 5.82 Å². The highest BCUT2D eigenvalue weighted by Gasteiger charge is 2.29. The standard InChI is InChI=1S/C19H25FN4O2/c1-3-24(4-2)19(25)15-6-5-11-23(12-15)13-17-21-18(22-26-17)14-7-9-16(20)10-8-14/h7-10,15H,3-6,11-13H2,1-2H3. The lowest BCUT2D eigenvalue weighted by Crippen LogP contribution is -2.44. The van der Waals surface area contributed by atoms with Crippen LogP contribution in [0.15, 0.2) is 28.8 Å². The van der Waals surface area contributed by atoms with Gasteiger partial charge in [-0.15, -0.1) is 0 Å². The van der Waals surface area contributed by atoms with E-state index in [0.717, 1.165) is 38.0 Å². The number of benzene rings is 1. The molecule has 1 aliphatic rings. The lowest BCUT2D eigenvalue weighted by Gasteiger charge is -2.33. The lowest BCUT2D eigenvalue weighted by molar-refractivity contribution is -0.137. The van der Waals surface area contributed by atoms with Crippen LogP contribution in [-0.4, -0.2) is 52.0 Å². The van der Waals surface area contributed by atoms with Crippen molar-refractivity contribution in [1.82, 2.24) is 19.9 Å². The van der Waals surface area contributed by atoms with Crippen molar-refractivity contribution >= 4 is 5.91 Å². The van der Waals surface area contributed by atoms with E-state index < -0.39 is 0 Å². The number of nitrogens with zero attached hydrogens (tertiary/aromatic N) is 4. The highest BCUT2D eigenvalue weighted by molar-refractivity contribution is 5.79. The number of aromatic nitrogens is 2. The second-order valence-corrected chi connectivity index (χ2v) is 6.60. The van der Waals surface area contributed by atoms with E-state index in [9.17, 15) is 9.18 Å². The van der Waals surface area contributed by atoms with Crippen LogP contribution in [0, 0.1) is 11.7 Å². The minimum Gasteiger partial charge on any atom is -0.343 e. The van der Waals surface area contributed by atoms with E-state index in [2.05, 4.69) is 15.0 Å². The first kappa shape index (κ1) is 18.5. The van der Waals surface area contributed by atoms with Crippen molar-refractivity contribution in [2.45, 2.75) is 33.2 Å². The summed E-state index contributed by atoms with van der Waals surface area (Å²) >= 11 is 0. The van der Waals surface area contributed by atoms with Crippen LogP contribution in [0.1, 0.15) is 32.6 Å². The third-order valence-electron chi connectivity index (χ3n) is 4.86. The van der Waals surface area contributed by atoms with Gasteiger partial charge in [0.2, 0.25) is 17.6 Å². The fraction of sp³-hybridized carbons (Fsp3) is 0.526. The molecule has 1 aliphatic heterocycles. The predicted molar refractivity (Wildman–Crippen MR) is 95.6 cm³/mol. The molecule has 1 amide bonds. The zero-order valence-electron chi connectivity index (χ0n) is 15.3. The van der Waals surface area contributed by atoms with Crippen LogP contribution in [0.3, 0.4) is 0 Å². The average molecular weight is 360 g/mol. The zero-order valence-corrected chi connectivity index (χ0v) is 15.3. The van der Waals surface area contributed by atoms with Crippen molar-refractivity contribution in [1.29, 1.82) is 0 Å². The first-order valence-electron chi connectivity index (χ1n) is 9.20. The summed E-state index contributed by atoms with van der Waals surface area (Å²) in [5.74, 6) is 0.933. The Morgan fingerprint density at radius 1 is 1.31 bits per heavy atom. The van der Waals surface area contributed by atoms with E-state index in [1.54, 1.807) is 12.1 Å². The smallest absolute Gasteiger partial charge is 0.241 e. The molecule has 0 aliphatic carbocycles. The molecule has 140 valence electrons. The summed E-state index contributed by atoms with van der Waals surface area (Å²) in [6, 6.07) is 6.01. The van der Waals surface area contributed by atoms with Crippen LogP contribution < -0.4 is 0 Å². The third kappa shape index (κ3) is 4.27. The fourth-order valence-electron chi connectivity index (χ4n) is 3.42. The number of amides is 1. The summed E-state index contributed by atoms with van der Waals surface area (Å²) in [7, 11) is 0. The van der Waals surface area contributed by atoms with Crippen molar-refractivity contribution in [3.63, 3.8) is 0 Å². The van der Waals surface area contributed by atoms with Crippen LogP contribution in [-0.2, 0) is 11.3 Å². The first-order chi connectivity index (χ1) is 12.6. The minimum absolute atomic E-state index is 0.0307. The van der Waals surface area contributed by atoms with E-state index in [1.807, 2.05) is 18.7 Å². The van der Waals surface area contributed by atoms with Crippen molar-refractivity contribution in [3.8, 4) is 11.4 Å². The second kappa shape index (κ2) is 8.40. The maximum Gasteiger partial charge on any atom is 0.241 e. The SMILES string of the molecule is CCN(CC)C(=O)C1CCCN(Cc2nc(-c3ccc(F)cc3)no2)C1. The normalized spacial score (nSPS) is 18.0. The molecule has 2 heterocycles. The highest BCUT2D eigenvalue weighted by atomic mass is 19.1. The van der Waals surface area contributed by atoms with E-state index in [-0.39, 0.29) is 17.6 Å². The molecular formula is C19H25FN4O2. The first-order valence-corrected chi connectivity index (χ1v) is 9.20. The molecule has 1 unspecified atom stereocenters. The molecule has 1 saturated heterocycles. The van der Waals surface area contributed by atoms with Crippen molar-refractivity contribution in [2.75, 3.05) is 26.2 Å². The van der Waals surface area contributed by atoms with Crippen molar-refractivity contribution in [3.05, 3.63) is 36.0 Å². The van der Waals surface area contributed by atoms with Gasteiger partial charge in [0.25, 0.3) is 0 Å². The van der Waals surface area contributed by atoms with Gasteiger partial charge in [0, 0.05) is 25.2 Å². The Morgan fingerprint density at radius 2 is 2.04 bits per heavy atom. The number of piperidine rings is 1. The molecule has 6 nitrogen and oxygen atoms in total. The fourth-order valence-corrected chi connectivity index (χ4v) is 3.42. The molecule has 0 saturated carbocycles. The Balaban J connectivity index is 1.62. The number of hydrogen-bond donors (Lipinski definition) is 0. The average Bonchev–Trinajstić information content (AvgIpc) is 3.12. The van der Waals surface area contributed by atoms with Crippen LogP contribution in [0.5, 0.6) is 0 Å². The lowest BCUT2D eigenvalue weighted by atomic mass is 9.96. The molecule has 1 aromatic carbocycles. The van der Waals surface area contributed by atoms with E-state index >= 15 is 0 Å². The van der Waals surface area contributed by atoms with Gasteiger partial charge in [0.05, 0.1) is 12.5 Å². The van der Waals surface area contributed by atoms with Crippen molar-refractivity contribution in [2.24, 2.45) is 5.92 Å². The molecular weight excluding hydrogens is 335 g/mol. The summed E-state index contributed by atoms with van der Waals surface area (Å²) in [5.41, 5.74) is 0.717. The molecule has 3 rings (SSSR count). The van der Waals surface area contributed by atoms with Crippen LogP contribution in [0.4, 0.5) is 4.39 Å². The molecule has 0 radical (unpaired) electrons. The van der Waals surface area contributed by atoms with Crippen LogP contribution in [0.25, 0.3) is 11.4 Å². The van der Waals surface area contributed by atoms with E-state index in [4.69, 9.17) is 4.52 Å². The Kier molecular flexibility index (Phi) is 5.98. The highest BCUT2D eigenvalue weighted by Crippen LogP contribution is 2.22. The summed E-state index contributed by atoms with van der Waals surface area (Å²) in [6.07, 6.45) is 1.91. The molecule has 1 atom stereocenters. The number of carbonyl (C=O) groups excluding carboxylic acids is 1. The summed E-state index contributed by atoms with van der Waals surface area (Å²) < 4.78 is 18.4. The number of hydrogen-bond acceptors (Lipinski definition) is 5. The van der Waals surface area contributed by atoms with Gasteiger partial charge in [-0.05, 0) is 57.5 Å². The van der Waals surface area contributed by atoms with Gasteiger partial charge in [-0.25, -0.2) is 4.39 Å². The van der Waals surface area contributed by atoms with E-state index in [0.29, 0.717) is 24.8 Å². The molecule has 26 heavy (non-hydrogen) atoms. The van der Waals surface area contributed by atoms with Gasteiger partial charge in [0.15, 0.2) is 0 Å². The maximum atomic E-state index is 13.0. The number of rotatable bonds is 6. The second-order valence-electron chi connectivity index (χ2n) is 6.60. The topological polar surface area (TPSA) is 62.5 Å². The summed E-state index contributed by atoms with van der Waals surface area (Å²) in [4.78, 5) is 21.1. The monoisotopic (exact) mass is 360 g/mol. The van der Waals surface area contributed by atoms with E-state index in [1.165, 1.54) is 12.1 Å². The van der Waals surface area contributed by atoms with Crippen LogP contribution >= 0.6 is 0 Å². The van der Waals surface area contributed by atoms with Gasteiger partial charge in [-0.3, -0.25) is 9.69 Å². The van der Waals surface area contributed by atoms with Gasteiger partial charge in [-0.1, -0.05) is 5.16 Å². The minimum atomic E-state index is -0.297. The van der Waals surface area contributed by atoms with Gasteiger partial charge in [-0.2, -0.15) is 4.98 Å². The molecule has 1 fully saturated rings. The zero-order chi connectivity index (χ0) is 18.5.